The van der Waals surface area contributed by atoms with Crippen molar-refractivity contribution >= 4 is 16.2 Å². The fraction of sp³-hybridized carbons (Fsp3) is 0.154. The highest BCUT2D eigenvalue weighted by atomic mass is 32.1. The van der Waals surface area contributed by atoms with Gasteiger partial charge in [0.2, 0.25) is 11.8 Å². The monoisotopic (exact) mass is 277 g/mol. The zero-order chi connectivity index (χ0) is 13.2. The van der Waals surface area contributed by atoms with Gasteiger partial charge in [0.25, 0.3) is 0 Å². The second kappa shape index (κ2) is 5.00. The molecule has 2 aliphatic heterocycles. The lowest BCUT2D eigenvalue weighted by Crippen LogP contribution is -3.06. The lowest BCUT2D eigenvalue weighted by Gasteiger charge is -2.21. The van der Waals surface area contributed by atoms with Crippen molar-refractivity contribution < 1.29 is 18.7 Å². The van der Waals surface area contributed by atoms with E-state index in [2.05, 4.69) is 0 Å². The molecule has 0 aliphatic carbocycles. The van der Waals surface area contributed by atoms with Gasteiger partial charge < -0.3 is 19.7 Å². The summed E-state index contributed by atoms with van der Waals surface area (Å²) in [5.74, 6) is 1.42. The maximum absolute atomic E-state index is 11.6. The largest absolute Gasteiger partial charge is 0.623 e. The molecule has 98 valence electrons. The van der Waals surface area contributed by atoms with Crippen LogP contribution < -0.4 is 14.5 Å². The summed E-state index contributed by atoms with van der Waals surface area (Å²) >= 11 is 0.248. The molecule has 2 heterocycles. The van der Waals surface area contributed by atoms with Gasteiger partial charge in [-0.05, 0) is 29.8 Å². The maximum Gasteiger partial charge on any atom is 0.233 e. The fourth-order valence-electron chi connectivity index (χ4n) is 2.07. The van der Waals surface area contributed by atoms with Gasteiger partial charge in [-0.25, -0.2) is 4.21 Å². The van der Waals surface area contributed by atoms with E-state index in [4.69, 9.17) is 9.47 Å². The standard InChI is InChI=1S/C13H11NO4S/c15-14-5-1-2-10(13(14)19-16)6-9-3-4-11-12(7-9)18-8-17-11/h1-5,7,14H,6,8H2. The Bertz CT molecular complexity index is 632. The van der Waals surface area contributed by atoms with E-state index in [1.165, 1.54) is 6.20 Å². The molecule has 19 heavy (non-hydrogen) atoms. The number of fused-ring (bicyclic) bond motifs is 1. The summed E-state index contributed by atoms with van der Waals surface area (Å²) in [6, 6.07) is 5.62. The number of hydrogen-bond acceptors (Lipinski definition) is 4. The van der Waals surface area contributed by atoms with Gasteiger partial charge in [-0.3, -0.25) is 0 Å². The maximum atomic E-state index is 11.6. The van der Waals surface area contributed by atoms with E-state index < -0.39 is 0 Å². The van der Waals surface area contributed by atoms with Crippen LogP contribution in [0.1, 0.15) is 5.56 Å². The van der Waals surface area contributed by atoms with E-state index in [0.717, 1.165) is 16.9 Å². The Morgan fingerprint density at radius 2 is 2.16 bits per heavy atom. The molecule has 1 aromatic carbocycles. The van der Waals surface area contributed by atoms with Crippen LogP contribution in [0.25, 0.3) is 0 Å². The summed E-state index contributed by atoms with van der Waals surface area (Å²) in [5, 5.41) is 11.4. The van der Waals surface area contributed by atoms with E-state index in [1.807, 2.05) is 18.2 Å². The number of rotatable bonds is 2. The van der Waals surface area contributed by atoms with E-state index in [9.17, 15) is 9.42 Å². The summed E-state index contributed by atoms with van der Waals surface area (Å²) in [4.78, 5) is 0.264. The van der Waals surface area contributed by atoms with Gasteiger partial charge >= 0.3 is 0 Å². The van der Waals surface area contributed by atoms with Gasteiger partial charge in [0.1, 0.15) is 6.20 Å². The van der Waals surface area contributed by atoms with E-state index in [0.29, 0.717) is 12.2 Å². The van der Waals surface area contributed by atoms with Crippen molar-refractivity contribution in [2.24, 2.45) is 0 Å². The van der Waals surface area contributed by atoms with Gasteiger partial charge in [0, 0.05) is 12.0 Å². The average molecular weight is 277 g/mol. The van der Waals surface area contributed by atoms with Gasteiger partial charge in [-0.1, -0.05) is 6.07 Å². The topological polar surface area (TPSA) is 63.0 Å². The number of quaternary nitrogens is 1. The first-order valence-corrected chi connectivity index (χ1v) is 6.49. The van der Waals surface area contributed by atoms with Gasteiger partial charge in [0.15, 0.2) is 22.8 Å². The summed E-state index contributed by atoms with van der Waals surface area (Å²) in [6.07, 6.45) is 5.40. The Kier molecular flexibility index (Phi) is 3.20. The average Bonchev–Trinajstić information content (AvgIpc) is 2.86. The normalized spacial score (nSPS) is 20.4. The predicted octanol–water partition coefficient (Wildman–Crippen LogP) is 0.137. The molecule has 0 saturated carbocycles. The molecular formula is C13H11NO4S. The van der Waals surface area contributed by atoms with Crippen molar-refractivity contribution in [3.8, 4) is 11.5 Å². The molecule has 1 N–H and O–H groups in total. The van der Waals surface area contributed by atoms with Crippen LogP contribution >= 0.6 is 0 Å². The van der Waals surface area contributed by atoms with Crippen molar-refractivity contribution in [2.45, 2.75) is 6.42 Å². The molecule has 0 fully saturated rings. The highest BCUT2D eigenvalue weighted by molar-refractivity contribution is 7.66. The number of nitrogens with one attached hydrogen (secondary N) is 1. The third kappa shape index (κ3) is 2.33. The summed E-state index contributed by atoms with van der Waals surface area (Å²) in [6.45, 7) is 0.233. The molecule has 0 saturated heterocycles. The molecular weight excluding hydrogens is 266 g/mol. The molecule has 0 aromatic heterocycles. The lowest BCUT2D eigenvalue weighted by molar-refractivity contribution is -0.680. The van der Waals surface area contributed by atoms with Crippen LogP contribution in [0.15, 0.2) is 42.1 Å². The first kappa shape index (κ1) is 12.2. The molecule has 0 radical (unpaired) electrons. The van der Waals surface area contributed by atoms with E-state index in [1.54, 1.807) is 12.2 Å². The lowest BCUT2D eigenvalue weighted by atomic mass is 10.0. The number of hydrogen-bond donors (Lipinski definition) is 1. The van der Waals surface area contributed by atoms with Crippen LogP contribution in [0.3, 0.4) is 0 Å². The highest BCUT2D eigenvalue weighted by Gasteiger charge is 2.19. The van der Waals surface area contributed by atoms with Crippen molar-refractivity contribution in [3.63, 3.8) is 0 Å². The minimum Gasteiger partial charge on any atom is -0.623 e. The number of benzene rings is 1. The Balaban J connectivity index is 1.87. The SMILES string of the molecule is O=S=C1C(Cc2ccc3c(c2)OCO3)=CC=C[NH+]1[O-]. The smallest absolute Gasteiger partial charge is 0.233 e. The van der Waals surface area contributed by atoms with E-state index in [-0.39, 0.29) is 28.1 Å². The highest BCUT2D eigenvalue weighted by Crippen LogP contribution is 2.33. The molecule has 5 nitrogen and oxygen atoms in total. The Labute approximate surface area is 113 Å². The summed E-state index contributed by atoms with van der Waals surface area (Å²) in [5.41, 5.74) is 1.72. The number of ether oxygens (including phenoxy) is 2. The molecule has 0 spiro atoms. The van der Waals surface area contributed by atoms with Gasteiger partial charge in [-0.2, -0.15) is 0 Å². The third-order valence-corrected chi connectivity index (χ3v) is 3.61. The molecule has 1 atom stereocenters. The minimum atomic E-state index is -0.224. The van der Waals surface area contributed by atoms with Crippen LogP contribution in [0, 0.1) is 5.21 Å². The molecule has 0 bridgehead atoms. The second-order valence-corrected chi connectivity index (χ2v) is 4.77. The third-order valence-electron chi connectivity index (χ3n) is 2.98. The fourth-order valence-corrected chi connectivity index (χ4v) is 2.46. The molecule has 0 amide bonds. The molecule has 6 heteroatoms. The van der Waals surface area contributed by atoms with E-state index >= 15 is 0 Å². The first-order chi connectivity index (χ1) is 9.28. The van der Waals surface area contributed by atoms with Crippen molar-refractivity contribution in [1.82, 2.24) is 0 Å². The van der Waals surface area contributed by atoms with Crippen LogP contribution in [0.4, 0.5) is 0 Å². The van der Waals surface area contributed by atoms with Crippen LogP contribution in [0.2, 0.25) is 0 Å². The van der Waals surface area contributed by atoms with Crippen molar-refractivity contribution in [2.75, 3.05) is 6.79 Å². The van der Waals surface area contributed by atoms with Crippen LogP contribution in [0.5, 0.6) is 11.5 Å². The van der Waals surface area contributed by atoms with Crippen molar-refractivity contribution in [1.29, 1.82) is 0 Å². The number of hydroxylamine groups is 2. The minimum absolute atomic E-state index is 0.224. The Morgan fingerprint density at radius 3 is 3.00 bits per heavy atom. The first-order valence-electron chi connectivity index (χ1n) is 5.75. The zero-order valence-corrected chi connectivity index (χ0v) is 10.7. The van der Waals surface area contributed by atoms with Crippen LogP contribution in [-0.2, 0) is 17.7 Å². The molecule has 2 aliphatic rings. The predicted molar refractivity (Wildman–Crippen MR) is 71.0 cm³/mol. The summed E-state index contributed by atoms with van der Waals surface area (Å²) in [7, 11) is 0. The van der Waals surface area contributed by atoms with Gasteiger partial charge in [-0.15, -0.1) is 0 Å². The van der Waals surface area contributed by atoms with Crippen molar-refractivity contribution in [3.05, 3.63) is 52.9 Å². The Morgan fingerprint density at radius 1 is 1.32 bits per heavy atom. The van der Waals surface area contributed by atoms with Gasteiger partial charge in [0.05, 0.1) is 0 Å². The zero-order valence-electron chi connectivity index (χ0n) is 9.92. The molecule has 1 unspecified atom stereocenters. The second-order valence-electron chi connectivity index (χ2n) is 4.19. The summed E-state index contributed by atoms with van der Waals surface area (Å²) < 4.78 is 21.6. The Hall–Kier alpha value is -1.89. The quantitative estimate of drug-likeness (QED) is 0.617. The molecule has 1 aromatic rings. The molecule has 3 rings (SSSR count). The van der Waals surface area contributed by atoms with Crippen LogP contribution in [-0.4, -0.2) is 16.0 Å². The number of allylic oxidation sites excluding steroid dienone is 2.